The molecule has 5 atom stereocenters. The average molecular weight is 356 g/mol. The first-order valence-electron chi connectivity index (χ1n) is 8.93. The minimum absolute atomic E-state index is 0.145. The normalized spacial score (nSPS) is 43.7. The summed E-state index contributed by atoms with van der Waals surface area (Å²) >= 11 is 0. The number of carbonyl (C=O) groups is 2. The van der Waals surface area contributed by atoms with Gasteiger partial charge in [0, 0.05) is 11.0 Å². The molecule has 0 aromatic carbocycles. The van der Waals surface area contributed by atoms with E-state index in [0.717, 1.165) is 11.1 Å². The van der Waals surface area contributed by atoms with Crippen molar-refractivity contribution < 1.29 is 28.6 Å². The Kier molecular flexibility index (Phi) is 2.98. The van der Waals surface area contributed by atoms with Gasteiger partial charge in [0.1, 0.15) is 12.7 Å². The van der Waals surface area contributed by atoms with Gasteiger partial charge in [-0.05, 0) is 37.0 Å². The van der Waals surface area contributed by atoms with Crippen LogP contribution in [0.5, 0.6) is 0 Å². The molecule has 1 aromatic heterocycles. The maximum atomic E-state index is 12.8. The molecular weight excluding hydrogens is 336 g/mol. The van der Waals surface area contributed by atoms with Crippen molar-refractivity contribution in [2.24, 2.45) is 16.7 Å². The number of rotatable bonds is 1. The molecule has 2 saturated heterocycles. The van der Waals surface area contributed by atoms with Crippen molar-refractivity contribution in [3.05, 3.63) is 48.0 Å². The van der Waals surface area contributed by atoms with Gasteiger partial charge in [0.25, 0.3) is 0 Å². The molecule has 0 amide bonds. The first kappa shape index (κ1) is 15.9. The van der Waals surface area contributed by atoms with Crippen LogP contribution in [0.4, 0.5) is 0 Å². The Balaban J connectivity index is 1.62. The van der Waals surface area contributed by atoms with Crippen molar-refractivity contribution in [2.75, 3.05) is 6.61 Å². The van der Waals surface area contributed by atoms with E-state index in [0.29, 0.717) is 19.3 Å². The molecular formula is C20H20O6. The molecule has 0 bridgehead atoms. The molecule has 1 spiro atoms. The van der Waals surface area contributed by atoms with Crippen LogP contribution in [-0.2, 0) is 19.1 Å². The SMILES string of the molecule is C[C@]12C[C@H](c3ccoc3)OC(=O)[C@H]1CC[C@@]13COC(=O)[C@]1(O)C=CC=C32. The molecule has 4 aliphatic rings. The van der Waals surface area contributed by atoms with Crippen LogP contribution < -0.4 is 0 Å². The lowest BCUT2D eigenvalue weighted by atomic mass is 9.48. The number of hydrogen-bond donors (Lipinski definition) is 1. The smallest absolute Gasteiger partial charge is 0.343 e. The van der Waals surface area contributed by atoms with Crippen molar-refractivity contribution in [2.45, 2.75) is 37.9 Å². The highest BCUT2D eigenvalue weighted by molar-refractivity contribution is 5.88. The van der Waals surface area contributed by atoms with E-state index < -0.39 is 28.5 Å². The minimum atomic E-state index is -1.66. The summed E-state index contributed by atoms with van der Waals surface area (Å²) in [5.41, 5.74) is -1.25. The zero-order chi connectivity index (χ0) is 18.2. The monoisotopic (exact) mass is 356 g/mol. The summed E-state index contributed by atoms with van der Waals surface area (Å²) in [5, 5.41) is 11.2. The summed E-state index contributed by atoms with van der Waals surface area (Å²) in [6, 6.07) is 1.80. The number of furan rings is 1. The molecule has 0 unspecified atom stereocenters. The van der Waals surface area contributed by atoms with E-state index in [9.17, 15) is 14.7 Å². The third-order valence-electron chi connectivity index (χ3n) is 6.92. The van der Waals surface area contributed by atoms with Gasteiger partial charge in [-0.2, -0.15) is 0 Å². The van der Waals surface area contributed by atoms with E-state index in [4.69, 9.17) is 13.9 Å². The number of esters is 2. The van der Waals surface area contributed by atoms with E-state index in [2.05, 4.69) is 0 Å². The molecule has 6 heteroatoms. The number of carbonyl (C=O) groups excluding carboxylic acids is 2. The highest BCUT2D eigenvalue weighted by Gasteiger charge is 2.69. The van der Waals surface area contributed by atoms with Gasteiger partial charge in [-0.1, -0.05) is 19.1 Å². The second kappa shape index (κ2) is 4.88. The van der Waals surface area contributed by atoms with E-state index in [1.54, 1.807) is 24.7 Å². The van der Waals surface area contributed by atoms with Gasteiger partial charge in [-0.15, -0.1) is 0 Å². The van der Waals surface area contributed by atoms with E-state index in [-0.39, 0.29) is 18.5 Å². The first-order valence-corrected chi connectivity index (χ1v) is 8.93. The van der Waals surface area contributed by atoms with Gasteiger partial charge in [-0.3, -0.25) is 4.79 Å². The Bertz CT molecular complexity index is 852. The van der Waals surface area contributed by atoms with E-state index in [1.807, 2.05) is 13.0 Å². The predicted octanol–water partition coefficient (Wildman–Crippen LogP) is 2.45. The molecule has 2 aliphatic heterocycles. The van der Waals surface area contributed by atoms with Crippen LogP contribution in [-0.4, -0.2) is 29.3 Å². The van der Waals surface area contributed by atoms with Gasteiger partial charge in [-0.25, -0.2) is 4.79 Å². The zero-order valence-electron chi connectivity index (χ0n) is 14.4. The number of aliphatic hydroxyl groups is 1. The Morgan fingerprint density at radius 2 is 2.15 bits per heavy atom. The molecule has 136 valence electrons. The Labute approximate surface area is 150 Å². The maximum absolute atomic E-state index is 12.8. The van der Waals surface area contributed by atoms with E-state index in [1.165, 1.54) is 6.08 Å². The second-order valence-electron chi connectivity index (χ2n) is 8.06. The zero-order valence-corrected chi connectivity index (χ0v) is 14.4. The van der Waals surface area contributed by atoms with Crippen molar-refractivity contribution in [1.82, 2.24) is 0 Å². The number of cyclic esters (lactones) is 2. The summed E-state index contributed by atoms with van der Waals surface area (Å²) in [6.45, 7) is 2.19. The fourth-order valence-electron chi connectivity index (χ4n) is 5.51. The fourth-order valence-corrected chi connectivity index (χ4v) is 5.51. The highest BCUT2D eigenvalue weighted by atomic mass is 16.6. The van der Waals surface area contributed by atoms with Gasteiger partial charge in [0.15, 0.2) is 5.60 Å². The molecule has 1 N–H and O–H groups in total. The minimum Gasteiger partial charge on any atom is -0.472 e. The number of allylic oxidation sites excluding steroid dienone is 2. The summed E-state index contributed by atoms with van der Waals surface area (Å²) < 4.78 is 16.2. The van der Waals surface area contributed by atoms with Gasteiger partial charge in [0.05, 0.1) is 23.9 Å². The molecule has 3 heterocycles. The summed E-state index contributed by atoms with van der Waals surface area (Å²) in [4.78, 5) is 25.1. The third-order valence-corrected chi connectivity index (χ3v) is 6.92. The molecule has 1 aromatic rings. The van der Waals surface area contributed by atoms with Crippen LogP contribution in [0, 0.1) is 16.7 Å². The van der Waals surface area contributed by atoms with Crippen LogP contribution in [0.25, 0.3) is 0 Å². The lowest BCUT2D eigenvalue weighted by Gasteiger charge is -2.56. The van der Waals surface area contributed by atoms with Crippen molar-refractivity contribution in [3.63, 3.8) is 0 Å². The van der Waals surface area contributed by atoms with Gasteiger partial charge < -0.3 is 19.0 Å². The molecule has 5 rings (SSSR count). The van der Waals surface area contributed by atoms with Crippen LogP contribution in [0.3, 0.4) is 0 Å². The molecule has 0 radical (unpaired) electrons. The Hall–Kier alpha value is -2.34. The fraction of sp³-hybridized carbons (Fsp3) is 0.500. The standard InChI is InChI=1S/C20H20O6/c1-18-9-14(12-5-8-24-10-12)26-16(21)13(18)4-7-19-11-25-17(22)20(19,23)6-2-3-15(18)19/h2-3,5-6,8,10,13-14,23H,4,7,9,11H2,1H3/t13-,14-,18+,19+,20-/m1/s1. The maximum Gasteiger partial charge on any atom is 0.343 e. The molecule has 3 fully saturated rings. The Morgan fingerprint density at radius 1 is 1.31 bits per heavy atom. The largest absolute Gasteiger partial charge is 0.472 e. The van der Waals surface area contributed by atoms with E-state index >= 15 is 0 Å². The lowest BCUT2D eigenvalue weighted by molar-refractivity contribution is -0.177. The first-order chi connectivity index (χ1) is 12.4. The summed E-state index contributed by atoms with van der Waals surface area (Å²) in [7, 11) is 0. The van der Waals surface area contributed by atoms with Crippen molar-refractivity contribution >= 4 is 11.9 Å². The molecule has 1 saturated carbocycles. The van der Waals surface area contributed by atoms with Crippen molar-refractivity contribution in [3.8, 4) is 0 Å². The quantitative estimate of drug-likeness (QED) is 0.778. The third kappa shape index (κ3) is 1.70. The Morgan fingerprint density at radius 3 is 2.92 bits per heavy atom. The van der Waals surface area contributed by atoms with Crippen LogP contribution in [0.15, 0.2) is 46.8 Å². The topological polar surface area (TPSA) is 86.0 Å². The average Bonchev–Trinajstić information content (AvgIpc) is 3.22. The van der Waals surface area contributed by atoms with Crippen molar-refractivity contribution in [1.29, 1.82) is 0 Å². The highest BCUT2D eigenvalue weighted by Crippen LogP contribution is 2.65. The molecule has 26 heavy (non-hydrogen) atoms. The van der Waals surface area contributed by atoms with Crippen LogP contribution in [0.2, 0.25) is 0 Å². The molecule has 6 nitrogen and oxygen atoms in total. The number of ether oxygens (including phenoxy) is 2. The molecule has 2 aliphatic carbocycles. The van der Waals surface area contributed by atoms with Crippen LogP contribution >= 0.6 is 0 Å². The second-order valence-corrected chi connectivity index (χ2v) is 8.06. The number of hydrogen-bond acceptors (Lipinski definition) is 6. The summed E-state index contributed by atoms with van der Waals surface area (Å²) in [6.07, 6.45) is 9.58. The van der Waals surface area contributed by atoms with Gasteiger partial charge in [0.2, 0.25) is 0 Å². The predicted molar refractivity (Wildman–Crippen MR) is 88.6 cm³/mol. The number of fused-ring (bicyclic) bond motifs is 2. The van der Waals surface area contributed by atoms with Crippen LogP contribution in [0.1, 0.15) is 37.9 Å². The summed E-state index contributed by atoms with van der Waals surface area (Å²) in [5.74, 6) is -1.14. The van der Waals surface area contributed by atoms with Gasteiger partial charge >= 0.3 is 11.9 Å². The lowest BCUT2D eigenvalue weighted by Crippen LogP contribution is -2.59.